The standard InChI is InChI=1S/C18H27ClN4O/c1-12-10-20-11-23(12)4-2-3-21-17(24)22-16-14-5-13-6-15(16)9-18(19,7-13)8-14/h10-11,13-16H,2-9H2,1H3,(H2,21,22,24). The molecule has 4 fully saturated rings. The summed E-state index contributed by atoms with van der Waals surface area (Å²) in [5.74, 6) is 1.95. The molecule has 4 saturated carbocycles. The van der Waals surface area contributed by atoms with Crippen LogP contribution in [0.3, 0.4) is 0 Å². The van der Waals surface area contributed by atoms with E-state index in [1.807, 2.05) is 19.4 Å². The van der Waals surface area contributed by atoms with Gasteiger partial charge in [-0.1, -0.05) is 0 Å². The first kappa shape index (κ1) is 16.2. The fourth-order valence-electron chi connectivity index (χ4n) is 5.44. The van der Waals surface area contributed by atoms with Crippen molar-refractivity contribution in [2.75, 3.05) is 6.54 Å². The number of alkyl halides is 1. The number of halogens is 1. The number of hydrogen-bond acceptors (Lipinski definition) is 2. The van der Waals surface area contributed by atoms with Crippen molar-refractivity contribution in [3.05, 3.63) is 18.2 Å². The molecule has 5 nitrogen and oxygen atoms in total. The van der Waals surface area contributed by atoms with E-state index in [0.29, 0.717) is 24.4 Å². The van der Waals surface area contributed by atoms with Crippen LogP contribution in [-0.2, 0) is 6.54 Å². The van der Waals surface area contributed by atoms with Crippen molar-refractivity contribution in [1.29, 1.82) is 0 Å². The minimum atomic E-state index is -0.0153. The molecule has 1 heterocycles. The number of imidazole rings is 1. The van der Waals surface area contributed by atoms with Gasteiger partial charge in [0.2, 0.25) is 0 Å². The van der Waals surface area contributed by atoms with E-state index in [1.54, 1.807) is 0 Å². The van der Waals surface area contributed by atoms with Crippen LogP contribution in [0, 0.1) is 24.7 Å². The molecule has 4 aliphatic carbocycles. The second kappa shape index (κ2) is 6.25. The minimum Gasteiger partial charge on any atom is -0.338 e. The van der Waals surface area contributed by atoms with E-state index < -0.39 is 0 Å². The quantitative estimate of drug-likeness (QED) is 0.633. The van der Waals surface area contributed by atoms with Crippen LogP contribution in [0.5, 0.6) is 0 Å². The highest BCUT2D eigenvalue weighted by Gasteiger charge is 2.54. The van der Waals surface area contributed by atoms with Gasteiger partial charge in [-0.05, 0) is 63.2 Å². The molecule has 2 unspecified atom stereocenters. The molecule has 1 aromatic heterocycles. The zero-order chi connectivity index (χ0) is 16.7. The Kier molecular flexibility index (Phi) is 4.23. The number of aromatic nitrogens is 2. The van der Waals surface area contributed by atoms with E-state index in [1.165, 1.54) is 19.3 Å². The summed E-state index contributed by atoms with van der Waals surface area (Å²) in [5.41, 5.74) is 1.16. The summed E-state index contributed by atoms with van der Waals surface area (Å²) in [6, 6.07) is 0.308. The Hall–Kier alpha value is -1.23. The number of amides is 2. The molecule has 0 radical (unpaired) electrons. The van der Waals surface area contributed by atoms with Gasteiger partial charge in [-0.15, -0.1) is 11.6 Å². The number of rotatable bonds is 5. The van der Waals surface area contributed by atoms with E-state index in [-0.39, 0.29) is 10.9 Å². The van der Waals surface area contributed by atoms with Gasteiger partial charge in [-0.25, -0.2) is 9.78 Å². The first-order chi connectivity index (χ1) is 11.5. The normalized spacial score (nSPS) is 36.8. The smallest absolute Gasteiger partial charge is 0.315 e. The molecule has 6 heteroatoms. The summed E-state index contributed by atoms with van der Waals surface area (Å²) < 4.78 is 2.11. The largest absolute Gasteiger partial charge is 0.338 e. The summed E-state index contributed by atoms with van der Waals surface area (Å²) in [4.78, 5) is 16.4. The Morgan fingerprint density at radius 2 is 2.12 bits per heavy atom. The highest BCUT2D eigenvalue weighted by molar-refractivity contribution is 6.24. The second-order valence-electron chi connectivity index (χ2n) is 8.13. The number of aryl methyl sites for hydroxylation is 2. The topological polar surface area (TPSA) is 59.0 Å². The average Bonchev–Trinajstić information content (AvgIpc) is 2.91. The van der Waals surface area contributed by atoms with E-state index >= 15 is 0 Å². The zero-order valence-corrected chi connectivity index (χ0v) is 15.1. The lowest BCUT2D eigenvalue weighted by Crippen LogP contribution is -2.61. The summed E-state index contributed by atoms with van der Waals surface area (Å²) in [6.07, 6.45) is 10.4. The number of carbonyl (C=O) groups excluding carboxylic acids is 1. The molecule has 4 bridgehead atoms. The van der Waals surface area contributed by atoms with E-state index in [0.717, 1.165) is 37.4 Å². The highest BCUT2D eigenvalue weighted by Crippen LogP contribution is 2.58. The van der Waals surface area contributed by atoms with Gasteiger partial charge in [-0.2, -0.15) is 0 Å². The van der Waals surface area contributed by atoms with Crippen LogP contribution < -0.4 is 10.6 Å². The second-order valence-corrected chi connectivity index (χ2v) is 8.93. The lowest BCUT2D eigenvalue weighted by atomic mass is 9.54. The lowest BCUT2D eigenvalue weighted by Gasteiger charge is -2.57. The Labute approximate surface area is 148 Å². The van der Waals surface area contributed by atoms with Crippen LogP contribution in [-0.4, -0.2) is 33.0 Å². The van der Waals surface area contributed by atoms with Crippen molar-refractivity contribution in [3.8, 4) is 0 Å². The van der Waals surface area contributed by atoms with Gasteiger partial charge in [0.15, 0.2) is 0 Å². The molecule has 0 spiro atoms. The maximum Gasteiger partial charge on any atom is 0.315 e. The summed E-state index contributed by atoms with van der Waals surface area (Å²) in [6.45, 7) is 3.62. The fourth-order valence-corrected chi connectivity index (χ4v) is 6.05. The Morgan fingerprint density at radius 3 is 2.75 bits per heavy atom. The highest BCUT2D eigenvalue weighted by atomic mass is 35.5. The van der Waals surface area contributed by atoms with Crippen molar-refractivity contribution in [3.63, 3.8) is 0 Å². The first-order valence-electron chi connectivity index (χ1n) is 9.22. The Bertz CT molecular complexity index is 600. The zero-order valence-electron chi connectivity index (χ0n) is 14.3. The molecule has 4 aliphatic rings. The molecule has 0 saturated heterocycles. The monoisotopic (exact) mass is 350 g/mol. The van der Waals surface area contributed by atoms with Crippen molar-refractivity contribution >= 4 is 17.6 Å². The number of hydrogen-bond donors (Lipinski definition) is 2. The Balaban J connectivity index is 1.23. The third-order valence-electron chi connectivity index (χ3n) is 6.28. The van der Waals surface area contributed by atoms with E-state index in [9.17, 15) is 4.79 Å². The number of nitrogens with zero attached hydrogens (tertiary/aromatic N) is 2. The summed E-state index contributed by atoms with van der Waals surface area (Å²) in [7, 11) is 0. The predicted octanol–water partition coefficient (Wildman–Crippen LogP) is 3.07. The Morgan fingerprint density at radius 1 is 1.38 bits per heavy atom. The molecule has 132 valence electrons. The van der Waals surface area contributed by atoms with Crippen LogP contribution >= 0.6 is 11.6 Å². The minimum absolute atomic E-state index is 0.0153. The molecular weight excluding hydrogens is 324 g/mol. The maximum absolute atomic E-state index is 12.3. The average molecular weight is 351 g/mol. The third kappa shape index (κ3) is 3.15. The van der Waals surface area contributed by atoms with E-state index in [4.69, 9.17) is 11.6 Å². The van der Waals surface area contributed by atoms with Crippen molar-refractivity contribution in [2.24, 2.45) is 17.8 Å². The van der Waals surface area contributed by atoms with Crippen molar-refractivity contribution < 1.29 is 4.79 Å². The SMILES string of the molecule is Cc1cncn1CCCNC(=O)NC1C2CC3CC1CC(Cl)(C3)C2. The van der Waals surface area contributed by atoms with Gasteiger partial charge in [0.1, 0.15) is 0 Å². The van der Waals surface area contributed by atoms with Gasteiger partial charge < -0.3 is 15.2 Å². The van der Waals surface area contributed by atoms with Crippen molar-refractivity contribution in [1.82, 2.24) is 20.2 Å². The van der Waals surface area contributed by atoms with Crippen LogP contribution in [0.15, 0.2) is 12.5 Å². The molecule has 24 heavy (non-hydrogen) atoms. The first-order valence-corrected chi connectivity index (χ1v) is 9.60. The van der Waals surface area contributed by atoms with Gasteiger partial charge in [0, 0.05) is 35.9 Å². The van der Waals surface area contributed by atoms with Gasteiger partial charge in [0.05, 0.1) is 6.33 Å². The molecule has 1 aromatic rings. The lowest BCUT2D eigenvalue weighted by molar-refractivity contribution is 0.00389. The summed E-state index contributed by atoms with van der Waals surface area (Å²) >= 11 is 6.76. The molecule has 2 atom stereocenters. The van der Waals surface area contributed by atoms with E-state index in [2.05, 4.69) is 20.2 Å². The number of nitrogens with one attached hydrogen (secondary N) is 2. The van der Waals surface area contributed by atoms with Crippen molar-refractivity contribution in [2.45, 2.75) is 62.9 Å². The van der Waals surface area contributed by atoms with Gasteiger partial charge in [-0.3, -0.25) is 0 Å². The number of urea groups is 1. The predicted molar refractivity (Wildman–Crippen MR) is 94.0 cm³/mol. The molecule has 0 aromatic carbocycles. The maximum atomic E-state index is 12.3. The molecular formula is C18H27ClN4O. The fraction of sp³-hybridized carbons (Fsp3) is 0.778. The third-order valence-corrected chi connectivity index (χ3v) is 6.74. The molecule has 2 amide bonds. The number of carbonyl (C=O) groups is 1. The van der Waals surface area contributed by atoms with Gasteiger partial charge >= 0.3 is 6.03 Å². The van der Waals surface area contributed by atoms with Crippen LogP contribution in [0.2, 0.25) is 0 Å². The van der Waals surface area contributed by atoms with Gasteiger partial charge in [0.25, 0.3) is 0 Å². The molecule has 2 N–H and O–H groups in total. The molecule has 5 rings (SSSR count). The molecule has 0 aliphatic heterocycles. The van der Waals surface area contributed by atoms with Crippen LogP contribution in [0.4, 0.5) is 4.79 Å². The van der Waals surface area contributed by atoms with Crippen LogP contribution in [0.25, 0.3) is 0 Å². The van der Waals surface area contributed by atoms with Crippen LogP contribution in [0.1, 0.15) is 44.2 Å². The summed E-state index contributed by atoms with van der Waals surface area (Å²) in [5, 5.41) is 6.27.